The van der Waals surface area contributed by atoms with Gasteiger partial charge >= 0.3 is 0 Å². The Balaban J connectivity index is 1.45. The van der Waals surface area contributed by atoms with Crippen LogP contribution >= 0.6 is 11.3 Å². The molecule has 0 spiro atoms. The van der Waals surface area contributed by atoms with Crippen molar-refractivity contribution in [1.29, 1.82) is 0 Å². The van der Waals surface area contributed by atoms with Crippen molar-refractivity contribution >= 4 is 11.3 Å². The molecule has 8 heteroatoms. The van der Waals surface area contributed by atoms with E-state index in [9.17, 15) is 4.79 Å². The van der Waals surface area contributed by atoms with Gasteiger partial charge in [-0.1, -0.05) is 48.5 Å². The maximum Gasteiger partial charge on any atom is 0.257 e. The lowest BCUT2D eigenvalue weighted by atomic mass is 9.96. The summed E-state index contributed by atoms with van der Waals surface area (Å²) in [6.07, 6.45) is 0.538. The third kappa shape index (κ3) is 4.44. The molecular weight excluding hydrogens is 456 g/mol. The molecule has 0 unspecified atom stereocenters. The quantitative estimate of drug-likeness (QED) is 0.350. The first-order valence-corrected chi connectivity index (χ1v) is 12.3. The van der Waals surface area contributed by atoms with E-state index in [0.29, 0.717) is 18.8 Å². The molecule has 0 amide bonds. The summed E-state index contributed by atoms with van der Waals surface area (Å²) < 4.78 is 3.46. The zero-order valence-electron chi connectivity index (χ0n) is 20.2. The van der Waals surface area contributed by atoms with Crippen LogP contribution in [0.25, 0.3) is 22.5 Å². The molecule has 5 rings (SSSR count). The summed E-state index contributed by atoms with van der Waals surface area (Å²) in [5.41, 5.74) is 6.92. The highest BCUT2D eigenvalue weighted by molar-refractivity contribution is 7.10. The fourth-order valence-electron chi connectivity index (χ4n) is 4.33. The van der Waals surface area contributed by atoms with Gasteiger partial charge in [-0.25, -0.2) is 9.67 Å². The van der Waals surface area contributed by atoms with Crippen molar-refractivity contribution in [3.05, 3.63) is 103 Å². The number of rotatable bonds is 6. The summed E-state index contributed by atoms with van der Waals surface area (Å²) in [6, 6.07) is 18.5. The Hall–Kier alpha value is -3.91. The summed E-state index contributed by atoms with van der Waals surface area (Å²) in [5.74, 6) is 1.46. The summed E-state index contributed by atoms with van der Waals surface area (Å²) in [5, 5.41) is 14.0. The molecule has 0 saturated heterocycles. The minimum atomic E-state index is 0.0343. The van der Waals surface area contributed by atoms with Crippen LogP contribution in [0.2, 0.25) is 0 Å². The smallest absolute Gasteiger partial charge is 0.257 e. The average Bonchev–Trinajstić information content (AvgIpc) is 3.47. The molecule has 0 aliphatic rings. The van der Waals surface area contributed by atoms with E-state index in [1.54, 1.807) is 20.6 Å². The van der Waals surface area contributed by atoms with Crippen molar-refractivity contribution in [1.82, 2.24) is 29.8 Å². The molecular formula is C27H26N6OS. The number of hydrogen-bond donors (Lipinski definition) is 0. The highest BCUT2D eigenvalue weighted by atomic mass is 32.1. The van der Waals surface area contributed by atoms with Crippen LogP contribution in [0.1, 0.15) is 33.1 Å². The van der Waals surface area contributed by atoms with Gasteiger partial charge in [0.2, 0.25) is 0 Å². The fraction of sp³-hybridized carbons (Fsp3) is 0.222. The Morgan fingerprint density at radius 3 is 2.34 bits per heavy atom. The second-order valence-corrected chi connectivity index (χ2v) is 9.69. The first-order valence-electron chi connectivity index (χ1n) is 11.4. The topological polar surface area (TPSA) is 78.5 Å². The second kappa shape index (κ2) is 9.38. The van der Waals surface area contributed by atoms with Crippen LogP contribution < -0.4 is 5.56 Å². The molecule has 3 aromatic heterocycles. The monoisotopic (exact) mass is 482 g/mol. The minimum Gasteiger partial charge on any atom is -0.291 e. The normalized spacial score (nSPS) is 11.2. The maximum absolute atomic E-state index is 13.5. The van der Waals surface area contributed by atoms with Crippen molar-refractivity contribution in [3.8, 4) is 22.5 Å². The molecule has 0 N–H and O–H groups in total. The number of thiophene rings is 1. The Morgan fingerprint density at radius 2 is 1.69 bits per heavy atom. The van der Waals surface area contributed by atoms with Gasteiger partial charge in [-0.05, 0) is 64.9 Å². The first-order chi connectivity index (χ1) is 16.9. The zero-order valence-corrected chi connectivity index (χ0v) is 21.0. The largest absolute Gasteiger partial charge is 0.291 e. The third-order valence-corrected chi connectivity index (χ3v) is 7.37. The van der Waals surface area contributed by atoms with Crippen molar-refractivity contribution < 1.29 is 0 Å². The van der Waals surface area contributed by atoms with Crippen LogP contribution in [-0.4, -0.2) is 29.8 Å². The maximum atomic E-state index is 13.5. The Bertz CT molecular complexity index is 1560. The zero-order chi connectivity index (χ0) is 24.5. The van der Waals surface area contributed by atoms with Gasteiger partial charge in [-0.15, -0.1) is 16.4 Å². The van der Waals surface area contributed by atoms with Gasteiger partial charge in [0, 0.05) is 35.2 Å². The van der Waals surface area contributed by atoms with E-state index in [1.165, 1.54) is 10.4 Å². The van der Waals surface area contributed by atoms with Crippen LogP contribution in [0, 0.1) is 20.8 Å². The van der Waals surface area contributed by atoms with Crippen LogP contribution in [0.4, 0.5) is 0 Å². The van der Waals surface area contributed by atoms with E-state index in [1.807, 2.05) is 39.1 Å². The van der Waals surface area contributed by atoms with Crippen LogP contribution in [0.15, 0.2) is 64.8 Å². The lowest BCUT2D eigenvalue weighted by Crippen LogP contribution is -2.29. The van der Waals surface area contributed by atoms with E-state index < -0.39 is 0 Å². The van der Waals surface area contributed by atoms with Gasteiger partial charge in [0.25, 0.3) is 5.56 Å². The number of aromatic nitrogens is 6. The van der Waals surface area contributed by atoms with E-state index in [0.717, 1.165) is 39.3 Å². The predicted molar refractivity (Wildman–Crippen MR) is 139 cm³/mol. The second-order valence-electron chi connectivity index (χ2n) is 8.69. The standard InChI is InChI=1S/C27H26N6OS/c1-17-13-14-35-25(17)16-33-19(3)28-18(2)24(27(33)34)15-20-9-11-21(12-10-20)22-7-5-6-8-23(22)26-29-30-31-32(26)4/h5-14H,15-16H2,1-4H3. The average molecular weight is 483 g/mol. The van der Waals surface area contributed by atoms with Crippen LogP contribution in [-0.2, 0) is 20.0 Å². The predicted octanol–water partition coefficient (Wildman–Crippen LogP) is 4.73. The van der Waals surface area contributed by atoms with E-state index >= 15 is 0 Å². The van der Waals surface area contributed by atoms with E-state index in [2.05, 4.69) is 64.2 Å². The van der Waals surface area contributed by atoms with Gasteiger partial charge in [-0.3, -0.25) is 9.36 Å². The lowest BCUT2D eigenvalue weighted by molar-refractivity contribution is 0.686. The van der Waals surface area contributed by atoms with Gasteiger partial charge in [0.1, 0.15) is 5.82 Å². The Morgan fingerprint density at radius 1 is 0.943 bits per heavy atom. The van der Waals surface area contributed by atoms with Crippen LogP contribution in [0.3, 0.4) is 0 Å². The number of aryl methyl sites for hydroxylation is 4. The molecule has 0 aliphatic heterocycles. The molecule has 7 nitrogen and oxygen atoms in total. The van der Waals surface area contributed by atoms with Crippen molar-refractivity contribution in [2.24, 2.45) is 7.05 Å². The minimum absolute atomic E-state index is 0.0343. The third-order valence-electron chi connectivity index (χ3n) is 6.36. The number of hydrogen-bond acceptors (Lipinski definition) is 6. The van der Waals surface area contributed by atoms with Crippen molar-refractivity contribution in [2.75, 3.05) is 0 Å². The van der Waals surface area contributed by atoms with E-state index in [4.69, 9.17) is 4.98 Å². The summed E-state index contributed by atoms with van der Waals surface area (Å²) >= 11 is 1.67. The number of tetrazole rings is 1. The first kappa shape index (κ1) is 22.9. The Labute approximate surface area is 207 Å². The molecule has 0 atom stereocenters. The fourth-order valence-corrected chi connectivity index (χ4v) is 5.22. The Kier molecular flexibility index (Phi) is 6.13. The van der Waals surface area contributed by atoms with Gasteiger partial charge < -0.3 is 0 Å². The summed E-state index contributed by atoms with van der Waals surface area (Å²) in [6.45, 7) is 6.46. The summed E-state index contributed by atoms with van der Waals surface area (Å²) in [7, 11) is 1.83. The van der Waals surface area contributed by atoms with Crippen molar-refractivity contribution in [2.45, 2.75) is 33.7 Å². The van der Waals surface area contributed by atoms with Crippen molar-refractivity contribution in [3.63, 3.8) is 0 Å². The number of benzene rings is 2. The molecule has 2 aromatic carbocycles. The molecule has 0 saturated carbocycles. The highest BCUT2D eigenvalue weighted by Gasteiger charge is 2.15. The SMILES string of the molecule is Cc1ccsc1Cn1c(C)nc(C)c(Cc2ccc(-c3ccccc3-c3nnnn3C)cc2)c1=O. The van der Waals surface area contributed by atoms with E-state index in [-0.39, 0.29) is 5.56 Å². The molecule has 176 valence electrons. The molecule has 0 fully saturated rings. The summed E-state index contributed by atoms with van der Waals surface area (Å²) in [4.78, 5) is 19.3. The molecule has 0 radical (unpaired) electrons. The van der Waals surface area contributed by atoms with Gasteiger partial charge in [0.15, 0.2) is 5.82 Å². The van der Waals surface area contributed by atoms with Gasteiger partial charge in [-0.2, -0.15) is 0 Å². The molecule has 5 aromatic rings. The molecule has 0 bridgehead atoms. The van der Waals surface area contributed by atoms with Crippen LogP contribution in [0.5, 0.6) is 0 Å². The molecule has 35 heavy (non-hydrogen) atoms. The number of nitrogens with zero attached hydrogens (tertiary/aromatic N) is 6. The highest BCUT2D eigenvalue weighted by Crippen LogP contribution is 2.30. The lowest BCUT2D eigenvalue weighted by Gasteiger charge is -2.14. The molecule has 3 heterocycles. The van der Waals surface area contributed by atoms with Gasteiger partial charge in [0.05, 0.1) is 6.54 Å². The molecule has 0 aliphatic carbocycles.